The molecule has 0 aliphatic heterocycles. The van der Waals surface area contributed by atoms with Crippen LogP contribution in [0.4, 0.5) is 0 Å². The van der Waals surface area contributed by atoms with E-state index in [-0.39, 0.29) is 6.04 Å². The molecule has 100 valence electrons. The molecule has 0 spiro atoms. The first-order chi connectivity index (χ1) is 9.15. The molecule has 0 amide bonds. The lowest BCUT2D eigenvalue weighted by Gasteiger charge is -2.15. The van der Waals surface area contributed by atoms with Gasteiger partial charge >= 0.3 is 0 Å². The number of aryl methyl sites for hydroxylation is 1. The van der Waals surface area contributed by atoms with E-state index in [2.05, 4.69) is 31.2 Å². The number of benzene rings is 2. The maximum absolute atomic E-state index is 6.29. The van der Waals surface area contributed by atoms with Gasteiger partial charge in [-0.1, -0.05) is 35.9 Å². The van der Waals surface area contributed by atoms with Crippen molar-refractivity contribution in [2.75, 3.05) is 14.2 Å². The second-order valence-electron chi connectivity index (χ2n) is 4.50. The van der Waals surface area contributed by atoms with Crippen LogP contribution in [0.2, 0.25) is 0 Å². The minimum Gasteiger partial charge on any atom is -0.493 e. The minimum atomic E-state index is -0.166. The third-order valence-electron chi connectivity index (χ3n) is 3.20. The Kier molecular flexibility index (Phi) is 4.07. The van der Waals surface area contributed by atoms with Crippen LogP contribution in [0, 0.1) is 6.92 Å². The number of rotatable bonds is 4. The molecule has 3 nitrogen and oxygen atoms in total. The van der Waals surface area contributed by atoms with Gasteiger partial charge in [0.1, 0.15) is 0 Å². The van der Waals surface area contributed by atoms with Crippen molar-refractivity contribution in [3.63, 3.8) is 0 Å². The molecule has 0 radical (unpaired) electrons. The summed E-state index contributed by atoms with van der Waals surface area (Å²) >= 11 is 0. The number of methoxy groups -OCH3 is 2. The Balaban J connectivity index is 2.33. The molecule has 0 aliphatic carbocycles. The van der Waals surface area contributed by atoms with E-state index in [1.165, 1.54) is 5.56 Å². The van der Waals surface area contributed by atoms with Crippen molar-refractivity contribution in [2.24, 2.45) is 5.73 Å². The summed E-state index contributed by atoms with van der Waals surface area (Å²) in [6.45, 7) is 2.06. The second kappa shape index (κ2) is 5.76. The Morgan fingerprint density at radius 3 is 2.00 bits per heavy atom. The van der Waals surface area contributed by atoms with Crippen LogP contribution in [0.1, 0.15) is 22.7 Å². The van der Waals surface area contributed by atoms with Crippen molar-refractivity contribution in [2.45, 2.75) is 13.0 Å². The molecule has 0 fully saturated rings. The van der Waals surface area contributed by atoms with E-state index in [9.17, 15) is 0 Å². The van der Waals surface area contributed by atoms with Crippen LogP contribution in [-0.4, -0.2) is 14.2 Å². The standard InChI is InChI=1S/C16H19NO2/c1-11-4-6-12(7-5-11)16(17)13-8-9-14(18-2)15(10-13)19-3/h4-10,16H,17H2,1-3H3/t16-/m0/s1. The van der Waals surface area contributed by atoms with Gasteiger partial charge in [0, 0.05) is 0 Å². The van der Waals surface area contributed by atoms with Gasteiger partial charge in [0.05, 0.1) is 20.3 Å². The van der Waals surface area contributed by atoms with Gasteiger partial charge in [0.25, 0.3) is 0 Å². The molecule has 19 heavy (non-hydrogen) atoms. The van der Waals surface area contributed by atoms with E-state index in [0.717, 1.165) is 11.1 Å². The fraction of sp³-hybridized carbons (Fsp3) is 0.250. The van der Waals surface area contributed by atoms with Crippen LogP contribution in [0.15, 0.2) is 42.5 Å². The second-order valence-corrected chi connectivity index (χ2v) is 4.50. The van der Waals surface area contributed by atoms with Crippen LogP contribution in [0.25, 0.3) is 0 Å². The van der Waals surface area contributed by atoms with E-state index >= 15 is 0 Å². The minimum absolute atomic E-state index is 0.166. The van der Waals surface area contributed by atoms with Crippen molar-refractivity contribution in [3.05, 3.63) is 59.2 Å². The Hall–Kier alpha value is -2.00. The number of hydrogen-bond acceptors (Lipinski definition) is 3. The van der Waals surface area contributed by atoms with Gasteiger partial charge in [0.15, 0.2) is 11.5 Å². The molecule has 0 bridgehead atoms. The van der Waals surface area contributed by atoms with Gasteiger partial charge in [-0.3, -0.25) is 0 Å². The third kappa shape index (κ3) is 2.88. The van der Waals surface area contributed by atoms with Gasteiger partial charge in [-0.05, 0) is 30.2 Å². The topological polar surface area (TPSA) is 44.5 Å². The molecule has 0 saturated heterocycles. The smallest absolute Gasteiger partial charge is 0.161 e. The largest absolute Gasteiger partial charge is 0.493 e. The monoisotopic (exact) mass is 257 g/mol. The van der Waals surface area contributed by atoms with Crippen molar-refractivity contribution < 1.29 is 9.47 Å². The molecule has 2 aromatic carbocycles. The van der Waals surface area contributed by atoms with Gasteiger partial charge in [-0.25, -0.2) is 0 Å². The molecule has 0 aromatic heterocycles. The zero-order valence-electron chi connectivity index (χ0n) is 11.5. The van der Waals surface area contributed by atoms with Gasteiger partial charge in [-0.2, -0.15) is 0 Å². The first-order valence-corrected chi connectivity index (χ1v) is 6.19. The molecule has 2 aromatic rings. The van der Waals surface area contributed by atoms with Crippen LogP contribution in [0.3, 0.4) is 0 Å². The highest BCUT2D eigenvalue weighted by Crippen LogP contribution is 2.31. The zero-order chi connectivity index (χ0) is 13.8. The number of ether oxygens (including phenoxy) is 2. The van der Waals surface area contributed by atoms with E-state index in [1.54, 1.807) is 14.2 Å². The highest BCUT2D eigenvalue weighted by Gasteiger charge is 2.12. The molecule has 0 saturated carbocycles. The highest BCUT2D eigenvalue weighted by atomic mass is 16.5. The maximum atomic E-state index is 6.29. The average molecular weight is 257 g/mol. The van der Waals surface area contributed by atoms with Gasteiger partial charge in [0.2, 0.25) is 0 Å². The fourth-order valence-electron chi connectivity index (χ4n) is 2.01. The molecule has 1 atom stereocenters. The Morgan fingerprint density at radius 2 is 1.42 bits per heavy atom. The zero-order valence-corrected chi connectivity index (χ0v) is 11.5. The quantitative estimate of drug-likeness (QED) is 0.915. The average Bonchev–Trinajstić information content (AvgIpc) is 2.46. The molecule has 0 aliphatic rings. The van der Waals surface area contributed by atoms with E-state index < -0.39 is 0 Å². The summed E-state index contributed by atoms with van der Waals surface area (Å²) < 4.78 is 10.5. The Labute approximate surface area is 114 Å². The van der Waals surface area contributed by atoms with E-state index in [0.29, 0.717) is 11.5 Å². The molecule has 2 N–H and O–H groups in total. The van der Waals surface area contributed by atoms with E-state index in [4.69, 9.17) is 15.2 Å². The Bertz CT molecular complexity index is 549. The summed E-state index contributed by atoms with van der Waals surface area (Å²) in [5, 5.41) is 0. The van der Waals surface area contributed by atoms with Crippen molar-refractivity contribution in [3.8, 4) is 11.5 Å². The molecule has 3 heteroatoms. The fourth-order valence-corrected chi connectivity index (χ4v) is 2.01. The van der Waals surface area contributed by atoms with Crippen LogP contribution < -0.4 is 15.2 Å². The lowest BCUT2D eigenvalue weighted by atomic mass is 9.98. The number of nitrogens with two attached hydrogens (primary N) is 1. The van der Waals surface area contributed by atoms with E-state index in [1.807, 2.05) is 18.2 Å². The Morgan fingerprint density at radius 1 is 0.842 bits per heavy atom. The van der Waals surface area contributed by atoms with Gasteiger partial charge in [-0.15, -0.1) is 0 Å². The highest BCUT2D eigenvalue weighted by molar-refractivity contribution is 5.45. The molecular formula is C16H19NO2. The van der Waals surface area contributed by atoms with Crippen LogP contribution >= 0.6 is 0 Å². The number of hydrogen-bond donors (Lipinski definition) is 1. The molecule has 0 unspecified atom stereocenters. The van der Waals surface area contributed by atoms with Crippen molar-refractivity contribution in [1.29, 1.82) is 0 Å². The van der Waals surface area contributed by atoms with Gasteiger partial charge < -0.3 is 15.2 Å². The van der Waals surface area contributed by atoms with Crippen LogP contribution in [0.5, 0.6) is 11.5 Å². The summed E-state index contributed by atoms with van der Waals surface area (Å²) in [6, 6.07) is 13.8. The molecule has 2 rings (SSSR count). The lowest BCUT2D eigenvalue weighted by molar-refractivity contribution is 0.354. The predicted octanol–water partition coefficient (Wildman–Crippen LogP) is 3.06. The normalized spacial score (nSPS) is 12.0. The van der Waals surface area contributed by atoms with Crippen LogP contribution in [-0.2, 0) is 0 Å². The third-order valence-corrected chi connectivity index (χ3v) is 3.20. The lowest BCUT2D eigenvalue weighted by Crippen LogP contribution is -2.12. The summed E-state index contributed by atoms with van der Waals surface area (Å²) in [7, 11) is 3.25. The molecule has 0 heterocycles. The SMILES string of the molecule is COc1ccc([C@@H](N)c2ccc(C)cc2)cc1OC. The van der Waals surface area contributed by atoms with Crippen molar-refractivity contribution >= 4 is 0 Å². The summed E-state index contributed by atoms with van der Waals surface area (Å²) in [6.07, 6.45) is 0. The summed E-state index contributed by atoms with van der Waals surface area (Å²) in [5.41, 5.74) is 9.59. The van der Waals surface area contributed by atoms with Crippen molar-refractivity contribution in [1.82, 2.24) is 0 Å². The first-order valence-electron chi connectivity index (χ1n) is 6.19. The predicted molar refractivity (Wildman–Crippen MR) is 76.8 cm³/mol. The first kappa shape index (κ1) is 13.4. The summed E-state index contributed by atoms with van der Waals surface area (Å²) in [4.78, 5) is 0. The summed E-state index contributed by atoms with van der Waals surface area (Å²) in [5.74, 6) is 1.41. The maximum Gasteiger partial charge on any atom is 0.161 e. The molecular weight excluding hydrogens is 238 g/mol.